The van der Waals surface area contributed by atoms with E-state index in [0.29, 0.717) is 32.2 Å². The Morgan fingerprint density at radius 1 is 0.917 bits per heavy atom. The fourth-order valence-electron chi connectivity index (χ4n) is 7.40. The van der Waals surface area contributed by atoms with Crippen LogP contribution in [0.25, 0.3) is 0 Å². The van der Waals surface area contributed by atoms with Crippen LogP contribution in [0.1, 0.15) is 123 Å². The second-order valence-electron chi connectivity index (χ2n) is 15.5. The normalized spacial score (nSPS) is 21.6. The van der Waals surface area contributed by atoms with E-state index in [0.717, 1.165) is 50.5 Å². The zero-order chi connectivity index (χ0) is 34.9. The van der Waals surface area contributed by atoms with Crippen LogP contribution in [-0.4, -0.2) is 69.8 Å². The Balaban J connectivity index is 0.000000950. The number of rotatable bonds is 11. The van der Waals surface area contributed by atoms with Crippen molar-refractivity contribution < 1.29 is 29.1 Å². The number of nitrogens with one attached hydrogen (secondary N) is 3. The van der Waals surface area contributed by atoms with Gasteiger partial charge in [-0.25, -0.2) is 4.79 Å². The van der Waals surface area contributed by atoms with Gasteiger partial charge in [0.25, 0.3) is 5.91 Å². The fraction of sp³-hybridized carbons (Fsp3) is 0.703. The predicted molar refractivity (Wildman–Crippen MR) is 184 cm³/mol. The topological polar surface area (TPSA) is 171 Å². The van der Waals surface area contributed by atoms with Crippen molar-refractivity contribution >= 4 is 29.5 Å². The number of nitrogens with zero attached hydrogens (tertiary/aromatic N) is 1. The van der Waals surface area contributed by atoms with Crippen molar-refractivity contribution in [2.45, 2.75) is 147 Å². The van der Waals surface area contributed by atoms with Gasteiger partial charge in [0.1, 0.15) is 17.8 Å². The van der Waals surface area contributed by atoms with Crippen LogP contribution in [0.5, 0.6) is 5.75 Å². The Labute approximate surface area is 285 Å². The first-order valence-electron chi connectivity index (χ1n) is 18.1. The molecule has 266 valence electrons. The Hall–Kier alpha value is -3.63. The van der Waals surface area contributed by atoms with Crippen molar-refractivity contribution in [3.8, 4) is 5.75 Å². The average molecular weight is 668 g/mol. The van der Waals surface area contributed by atoms with Crippen molar-refractivity contribution in [2.75, 3.05) is 6.54 Å². The summed E-state index contributed by atoms with van der Waals surface area (Å²) in [6.45, 7) is 5.93. The maximum Gasteiger partial charge on any atom is 0.315 e. The third-order valence-corrected chi connectivity index (χ3v) is 10.3. The van der Waals surface area contributed by atoms with Crippen LogP contribution in [0.15, 0.2) is 24.3 Å². The number of Topliss-reactive ketones (excluding diaryl/α,β-unsaturated/α-hetero) is 1. The molecular weight excluding hydrogens is 610 g/mol. The number of amides is 5. The number of phenols is 1. The quantitative estimate of drug-likeness (QED) is 0.215. The number of benzene rings is 1. The first-order valence-corrected chi connectivity index (χ1v) is 18.1. The van der Waals surface area contributed by atoms with Crippen LogP contribution in [0.2, 0.25) is 0 Å². The van der Waals surface area contributed by atoms with Crippen molar-refractivity contribution in [2.24, 2.45) is 17.1 Å². The van der Waals surface area contributed by atoms with Crippen LogP contribution in [0.3, 0.4) is 0 Å². The van der Waals surface area contributed by atoms with Crippen molar-refractivity contribution in [1.29, 1.82) is 0 Å². The van der Waals surface area contributed by atoms with Gasteiger partial charge in [0.2, 0.25) is 17.6 Å². The summed E-state index contributed by atoms with van der Waals surface area (Å²) in [6.07, 6.45) is 15.9. The third kappa shape index (κ3) is 10.7. The lowest BCUT2D eigenvalue weighted by Gasteiger charge is -2.40. The molecule has 1 aromatic carbocycles. The van der Waals surface area contributed by atoms with E-state index in [9.17, 15) is 29.1 Å². The summed E-state index contributed by atoms with van der Waals surface area (Å²) in [5, 5.41) is 18.8. The molecule has 0 spiro atoms. The Bertz CT molecular complexity index is 1290. The lowest BCUT2D eigenvalue weighted by Crippen LogP contribution is -2.62. The number of nitrogens with two attached hydrogens (primary N) is 1. The minimum absolute atomic E-state index is 0.174. The minimum atomic E-state index is -1.09. The molecule has 0 aromatic heterocycles. The molecule has 11 heteroatoms. The third-order valence-electron chi connectivity index (χ3n) is 10.3. The van der Waals surface area contributed by atoms with Crippen LogP contribution < -0.4 is 21.7 Å². The molecule has 4 aliphatic rings. The summed E-state index contributed by atoms with van der Waals surface area (Å²) in [5.74, 6) is -2.34. The number of aromatic hydroxyl groups is 1. The number of urea groups is 1. The molecular formula is C37H57N5O6. The highest BCUT2D eigenvalue weighted by Gasteiger charge is 2.44. The largest absolute Gasteiger partial charge is 0.508 e. The van der Waals surface area contributed by atoms with E-state index in [2.05, 4.69) is 16.0 Å². The van der Waals surface area contributed by atoms with Gasteiger partial charge in [-0.15, -0.1) is 0 Å². The van der Waals surface area contributed by atoms with E-state index in [1.165, 1.54) is 37.0 Å². The highest BCUT2D eigenvalue weighted by atomic mass is 16.3. The van der Waals surface area contributed by atoms with E-state index in [4.69, 9.17) is 5.73 Å². The molecule has 1 aromatic rings. The molecule has 6 N–H and O–H groups in total. The second kappa shape index (κ2) is 16.7. The zero-order valence-corrected chi connectivity index (χ0v) is 29.2. The van der Waals surface area contributed by atoms with Gasteiger partial charge in [0.05, 0.1) is 6.04 Å². The number of likely N-dealkylation sites (tertiary alicyclic amines) is 1. The van der Waals surface area contributed by atoms with Crippen LogP contribution in [0.4, 0.5) is 4.79 Å². The lowest BCUT2D eigenvalue weighted by molar-refractivity contribution is -0.143. The summed E-state index contributed by atoms with van der Waals surface area (Å²) in [7, 11) is 0. The van der Waals surface area contributed by atoms with Crippen molar-refractivity contribution in [1.82, 2.24) is 20.9 Å². The molecule has 5 amide bonds. The maximum absolute atomic E-state index is 14.0. The summed E-state index contributed by atoms with van der Waals surface area (Å²) < 4.78 is 0. The van der Waals surface area contributed by atoms with E-state index in [1.807, 2.05) is 26.8 Å². The molecule has 1 aliphatic heterocycles. The Morgan fingerprint density at radius 3 is 2.10 bits per heavy atom. The van der Waals surface area contributed by atoms with Gasteiger partial charge >= 0.3 is 6.03 Å². The standard InChI is InChI=1S/C32H47N5O6.C5H10/c1-31(2,3)26(35-30(43)36-32(14-5-4-6-15-32)19-21-9-7-10-22(38)17-21)29(42)37-16-8-11-24(37)28(41)34-23(18-20-12-13-20)25(39)27(33)40;1-2-4-5-3-1/h7,9-10,17,20,23-24,26,38H,4-6,8,11-16,18-19H2,1-3H3,(H2,33,40)(H,34,41)(H2,35,36,43);1-5H2. The number of hydrogen-bond acceptors (Lipinski definition) is 6. The van der Waals surface area contributed by atoms with Gasteiger partial charge in [-0.1, -0.05) is 97.1 Å². The number of phenolic OH excluding ortho intramolecular Hbond substituents is 1. The van der Waals surface area contributed by atoms with Gasteiger partial charge in [-0.05, 0) is 67.6 Å². The fourth-order valence-corrected chi connectivity index (χ4v) is 7.40. The van der Waals surface area contributed by atoms with Crippen LogP contribution in [0, 0.1) is 11.3 Å². The Morgan fingerprint density at radius 2 is 1.54 bits per heavy atom. The highest BCUT2D eigenvalue weighted by molar-refractivity contribution is 6.37. The molecule has 3 saturated carbocycles. The average Bonchev–Trinajstić information content (AvgIpc) is 3.43. The van der Waals surface area contributed by atoms with Crippen LogP contribution >= 0.6 is 0 Å². The minimum Gasteiger partial charge on any atom is -0.508 e. The first-order chi connectivity index (χ1) is 22.8. The van der Waals surface area contributed by atoms with Crippen LogP contribution in [-0.2, 0) is 25.6 Å². The zero-order valence-electron chi connectivity index (χ0n) is 29.2. The molecule has 1 saturated heterocycles. The predicted octanol–water partition coefficient (Wildman–Crippen LogP) is 4.63. The molecule has 4 fully saturated rings. The molecule has 0 bridgehead atoms. The molecule has 3 unspecified atom stereocenters. The number of primary amides is 1. The van der Waals surface area contributed by atoms with E-state index >= 15 is 0 Å². The van der Waals surface area contributed by atoms with E-state index in [1.54, 1.807) is 18.2 Å². The molecule has 0 radical (unpaired) electrons. The van der Waals surface area contributed by atoms with Gasteiger partial charge in [0, 0.05) is 12.1 Å². The molecule has 5 rings (SSSR count). The number of carbonyl (C=O) groups is 5. The number of hydrogen-bond donors (Lipinski definition) is 5. The highest BCUT2D eigenvalue weighted by Crippen LogP contribution is 2.35. The number of carbonyl (C=O) groups excluding carboxylic acids is 5. The SMILES string of the molecule is C1CCCC1.CC(C)(C)C(NC(=O)NC1(Cc2cccc(O)c2)CCCCC1)C(=O)N1CCCC1C(=O)NC(CC1CC1)C(=O)C(N)=O. The van der Waals surface area contributed by atoms with E-state index < -0.39 is 52.7 Å². The molecule has 11 nitrogen and oxygen atoms in total. The summed E-state index contributed by atoms with van der Waals surface area (Å²) in [6, 6.07) is 3.85. The van der Waals surface area contributed by atoms with Gasteiger partial charge in [-0.3, -0.25) is 19.2 Å². The number of ketones is 1. The summed E-state index contributed by atoms with van der Waals surface area (Å²) in [4.78, 5) is 66.4. The second-order valence-corrected chi connectivity index (χ2v) is 15.5. The lowest BCUT2D eigenvalue weighted by atomic mass is 9.77. The molecule has 3 aliphatic carbocycles. The summed E-state index contributed by atoms with van der Waals surface area (Å²) >= 11 is 0. The van der Waals surface area contributed by atoms with E-state index in [-0.39, 0.29) is 17.6 Å². The summed E-state index contributed by atoms with van der Waals surface area (Å²) in [5.41, 5.74) is 4.98. The van der Waals surface area contributed by atoms with Gasteiger partial charge in [-0.2, -0.15) is 0 Å². The maximum atomic E-state index is 14.0. The molecule has 1 heterocycles. The monoisotopic (exact) mass is 667 g/mol. The first kappa shape index (κ1) is 37.2. The smallest absolute Gasteiger partial charge is 0.315 e. The Kier molecular flexibility index (Phi) is 12.9. The molecule has 3 atom stereocenters. The van der Waals surface area contributed by atoms with Gasteiger partial charge in [0.15, 0.2) is 0 Å². The van der Waals surface area contributed by atoms with Crippen molar-refractivity contribution in [3.63, 3.8) is 0 Å². The van der Waals surface area contributed by atoms with Gasteiger partial charge < -0.3 is 31.7 Å². The van der Waals surface area contributed by atoms with Crippen molar-refractivity contribution in [3.05, 3.63) is 29.8 Å². The molecule has 48 heavy (non-hydrogen) atoms.